The standard InChI is InChI=1S/C12H24N2/c1-12(6-7-12)9-14-11-5-3-2-4-10(11)8-13/h10-11,14H,2-9,13H2,1H3. The minimum atomic E-state index is 0.636. The molecule has 2 fully saturated rings. The Hall–Kier alpha value is -0.0800. The summed E-state index contributed by atoms with van der Waals surface area (Å²) < 4.78 is 0. The first-order valence-electron chi connectivity index (χ1n) is 6.17. The van der Waals surface area contributed by atoms with Crippen LogP contribution in [0.3, 0.4) is 0 Å². The van der Waals surface area contributed by atoms with E-state index in [-0.39, 0.29) is 0 Å². The topological polar surface area (TPSA) is 38.0 Å². The number of hydrogen-bond donors (Lipinski definition) is 2. The van der Waals surface area contributed by atoms with Crippen LogP contribution in [0.25, 0.3) is 0 Å². The number of nitrogens with one attached hydrogen (secondary N) is 1. The van der Waals surface area contributed by atoms with Crippen molar-refractivity contribution in [3.63, 3.8) is 0 Å². The van der Waals surface area contributed by atoms with Crippen LogP contribution >= 0.6 is 0 Å². The lowest BCUT2D eigenvalue weighted by Crippen LogP contribution is -2.43. The van der Waals surface area contributed by atoms with Gasteiger partial charge in [-0.1, -0.05) is 19.8 Å². The van der Waals surface area contributed by atoms with E-state index in [1.54, 1.807) is 0 Å². The summed E-state index contributed by atoms with van der Waals surface area (Å²) in [7, 11) is 0. The van der Waals surface area contributed by atoms with E-state index in [4.69, 9.17) is 5.73 Å². The van der Waals surface area contributed by atoms with E-state index < -0.39 is 0 Å². The molecule has 3 N–H and O–H groups in total. The molecule has 82 valence electrons. The third kappa shape index (κ3) is 2.48. The van der Waals surface area contributed by atoms with Gasteiger partial charge in [-0.05, 0) is 43.6 Å². The van der Waals surface area contributed by atoms with Gasteiger partial charge in [0.2, 0.25) is 0 Å². The summed E-state index contributed by atoms with van der Waals surface area (Å²) in [6.07, 6.45) is 8.30. The molecule has 2 nitrogen and oxygen atoms in total. The van der Waals surface area contributed by atoms with Crippen LogP contribution in [-0.2, 0) is 0 Å². The first-order chi connectivity index (χ1) is 6.73. The maximum Gasteiger partial charge on any atom is 0.0108 e. The van der Waals surface area contributed by atoms with Gasteiger partial charge in [0.25, 0.3) is 0 Å². The molecule has 14 heavy (non-hydrogen) atoms. The molecule has 0 heterocycles. The lowest BCUT2D eigenvalue weighted by Gasteiger charge is -2.32. The van der Waals surface area contributed by atoms with Crippen LogP contribution in [0.1, 0.15) is 45.4 Å². The summed E-state index contributed by atoms with van der Waals surface area (Å²) in [5, 5.41) is 3.75. The molecular formula is C12H24N2. The maximum absolute atomic E-state index is 5.81. The Balaban J connectivity index is 1.76. The summed E-state index contributed by atoms with van der Waals surface area (Å²) in [6, 6.07) is 0.714. The van der Waals surface area contributed by atoms with Crippen LogP contribution in [0.5, 0.6) is 0 Å². The first-order valence-corrected chi connectivity index (χ1v) is 6.17. The van der Waals surface area contributed by atoms with Gasteiger partial charge in [0, 0.05) is 12.6 Å². The van der Waals surface area contributed by atoms with Gasteiger partial charge in [0.05, 0.1) is 0 Å². The van der Waals surface area contributed by atoms with Crippen LogP contribution in [0.2, 0.25) is 0 Å². The minimum Gasteiger partial charge on any atom is -0.330 e. The van der Waals surface area contributed by atoms with Gasteiger partial charge in [-0.3, -0.25) is 0 Å². The molecule has 0 spiro atoms. The molecule has 2 rings (SSSR count). The van der Waals surface area contributed by atoms with E-state index in [2.05, 4.69) is 12.2 Å². The molecule has 0 saturated heterocycles. The predicted molar refractivity (Wildman–Crippen MR) is 60.1 cm³/mol. The smallest absolute Gasteiger partial charge is 0.0108 e. The molecule has 2 heteroatoms. The van der Waals surface area contributed by atoms with Crippen LogP contribution in [0.15, 0.2) is 0 Å². The Kier molecular flexibility index (Phi) is 3.13. The summed E-state index contributed by atoms with van der Waals surface area (Å²) in [5.41, 5.74) is 6.44. The van der Waals surface area contributed by atoms with E-state index in [0.29, 0.717) is 11.5 Å². The minimum absolute atomic E-state index is 0.636. The second kappa shape index (κ2) is 4.19. The van der Waals surface area contributed by atoms with Crippen molar-refractivity contribution >= 4 is 0 Å². The van der Waals surface area contributed by atoms with Crippen molar-refractivity contribution in [1.82, 2.24) is 5.32 Å². The van der Waals surface area contributed by atoms with Crippen molar-refractivity contribution in [2.24, 2.45) is 17.1 Å². The van der Waals surface area contributed by atoms with Crippen LogP contribution < -0.4 is 11.1 Å². The Morgan fingerprint density at radius 3 is 2.64 bits per heavy atom. The number of hydrogen-bond acceptors (Lipinski definition) is 2. The van der Waals surface area contributed by atoms with Crippen LogP contribution in [0, 0.1) is 11.3 Å². The Labute approximate surface area is 87.6 Å². The largest absolute Gasteiger partial charge is 0.330 e. The van der Waals surface area contributed by atoms with Gasteiger partial charge in [-0.15, -0.1) is 0 Å². The molecule has 0 aliphatic heterocycles. The van der Waals surface area contributed by atoms with Crippen molar-refractivity contribution < 1.29 is 0 Å². The quantitative estimate of drug-likeness (QED) is 0.720. The molecule has 0 aromatic carbocycles. The highest BCUT2D eigenvalue weighted by Gasteiger charge is 2.37. The molecule has 2 unspecified atom stereocenters. The zero-order valence-corrected chi connectivity index (χ0v) is 9.39. The zero-order valence-electron chi connectivity index (χ0n) is 9.39. The summed E-state index contributed by atoms with van der Waals surface area (Å²) in [5.74, 6) is 0.742. The third-order valence-corrected chi connectivity index (χ3v) is 4.11. The van der Waals surface area contributed by atoms with Gasteiger partial charge in [0.15, 0.2) is 0 Å². The molecule has 2 saturated carbocycles. The molecule has 0 aromatic heterocycles. The summed E-state index contributed by atoms with van der Waals surface area (Å²) >= 11 is 0. The van der Waals surface area contributed by atoms with Crippen molar-refractivity contribution in [1.29, 1.82) is 0 Å². The molecule has 2 aliphatic rings. The molecule has 2 atom stereocenters. The molecule has 0 amide bonds. The van der Waals surface area contributed by atoms with Gasteiger partial charge >= 0.3 is 0 Å². The average Bonchev–Trinajstić information content (AvgIpc) is 2.95. The molecular weight excluding hydrogens is 172 g/mol. The fraction of sp³-hybridized carbons (Fsp3) is 1.00. The highest BCUT2D eigenvalue weighted by atomic mass is 14.9. The fourth-order valence-corrected chi connectivity index (χ4v) is 2.53. The van der Waals surface area contributed by atoms with Gasteiger partial charge in [-0.25, -0.2) is 0 Å². The van der Waals surface area contributed by atoms with Crippen molar-refractivity contribution in [2.75, 3.05) is 13.1 Å². The monoisotopic (exact) mass is 196 g/mol. The third-order valence-electron chi connectivity index (χ3n) is 4.11. The number of nitrogens with two attached hydrogens (primary N) is 1. The fourth-order valence-electron chi connectivity index (χ4n) is 2.53. The maximum atomic E-state index is 5.81. The lowest BCUT2D eigenvalue weighted by molar-refractivity contribution is 0.256. The van der Waals surface area contributed by atoms with Gasteiger partial charge in [0.1, 0.15) is 0 Å². The van der Waals surface area contributed by atoms with E-state index in [1.165, 1.54) is 45.1 Å². The average molecular weight is 196 g/mol. The highest BCUT2D eigenvalue weighted by Crippen LogP contribution is 2.44. The SMILES string of the molecule is CC1(CNC2CCCCC2CN)CC1. The molecule has 0 radical (unpaired) electrons. The van der Waals surface area contributed by atoms with Gasteiger partial charge in [-0.2, -0.15) is 0 Å². The summed E-state index contributed by atoms with van der Waals surface area (Å²) in [6.45, 7) is 4.48. The Bertz CT molecular complexity index is 187. The van der Waals surface area contributed by atoms with E-state index in [1.807, 2.05) is 0 Å². The van der Waals surface area contributed by atoms with Crippen molar-refractivity contribution in [3.05, 3.63) is 0 Å². The first kappa shape index (κ1) is 10.4. The van der Waals surface area contributed by atoms with Crippen molar-refractivity contribution in [2.45, 2.75) is 51.5 Å². The highest BCUT2D eigenvalue weighted by molar-refractivity contribution is 4.92. The second-order valence-corrected chi connectivity index (χ2v) is 5.58. The van der Waals surface area contributed by atoms with Crippen LogP contribution in [-0.4, -0.2) is 19.1 Å². The molecule has 2 aliphatic carbocycles. The molecule has 0 bridgehead atoms. The number of rotatable bonds is 4. The molecule has 0 aromatic rings. The predicted octanol–water partition coefficient (Wildman–Crippen LogP) is 1.89. The lowest BCUT2D eigenvalue weighted by atomic mass is 9.84. The van der Waals surface area contributed by atoms with E-state index in [0.717, 1.165) is 12.5 Å². The van der Waals surface area contributed by atoms with Crippen molar-refractivity contribution in [3.8, 4) is 0 Å². The normalized spacial score (nSPS) is 35.6. The van der Waals surface area contributed by atoms with Gasteiger partial charge < -0.3 is 11.1 Å². The van der Waals surface area contributed by atoms with E-state index in [9.17, 15) is 0 Å². The van der Waals surface area contributed by atoms with E-state index >= 15 is 0 Å². The van der Waals surface area contributed by atoms with Crippen LogP contribution in [0.4, 0.5) is 0 Å². The summed E-state index contributed by atoms with van der Waals surface area (Å²) in [4.78, 5) is 0. The Morgan fingerprint density at radius 1 is 1.29 bits per heavy atom. The second-order valence-electron chi connectivity index (χ2n) is 5.58. The Morgan fingerprint density at radius 2 is 2.00 bits per heavy atom. The zero-order chi connectivity index (χ0) is 10.0.